The van der Waals surface area contributed by atoms with Crippen LogP contribution in [0.5, 0.6) is 5.75 Å². The molecule has 1 atom stereocenters. The fourth-order valence-electron chi connectivity index (χ4n) is 2.25. The summed E-state index contributed by atoms with van der Waals surface area (Å²) in [5, 5.41) is 12.1. The maximum Gasteiger partial charge on any atom is 0.235 e. The van der Waals surface area contributed by atoms with Crippen LogP contribution < -0.4 is 10.1 Å². The van der Waals surface area contributed by atoms with Crippen LogP contribution in [0.2, 0.25) is 0 Å². The number of benzene rings is 1. The summed E-state index contributed by atoms with van der Waals surface area (Å²) in [6.45, 7) is 8.44. The topological polar surface area (TPSA) is 65.4 Å². The van der Waals surface area contributed by atoms with Crippen molar-refractivity contribution in [1.29, 1.82) is 5.26 Å². The second-order valence-corrected chi connectivity index (χ2v) is 6.50. The van der Waals surface area contributed by atoms with Gasteiger partial charge in [0.05, 0.1) is 19.7 Å². The third kappa shape index (κ3) is 5.26. The number of rotatable bonds is 7. The maximum absolute atomic E-state index is 12.2. The Bertz CT molecular complexity index is 592. The first-order valence-electron chi connectivity index (χ1n) is 7.76. The highest BCUT2D eigenvalue weighted by Crippen LogP contribution is 2.21. The lowest BCUT2D eigenvalue weighted by atomic mass is 9.90. The van der Waals surface area contributed by atoms with E-state index in [-0.39, 0.29) is 18.4 Å². The Hall–Kier alpha value is -2.06. The molecule has 0 aliphatic carbocycles. The lowest BCUT2D eigenvalue weighted by molar-refractivity contribution is -0.123. The van der Waals surface area contributed by atoms with Crippen LogP contribution in [0.4, 0.5) is 0 Å². The maximum atomic E-state index is 12.2. The van der Waals surface area contributed by atoms with Gasteiger partial charge < -0.3 is 10.1 Å². The Morgan fingerprint density at radius 1 is 1.48 bits per heavy atom. The molecule has 1 aromatic carbocycles. The molecule has 1 amide bonds. The van der Waals surface area contributed by atoms with Gasteiger partial charge in [-0.15, -0.1) is 0 Å². The molecular weight excluding hydrogens is 290 g/mol. The van der Waals surface area contributed by atoms with E-state index in [1.807, 2.05) is 44.9 Å². The summed E-state index contributed by atoms with van der Waals surface area (Å²) in [4.78, 5) is 14.1. The number of nitriles is 1. The van der Waals surface area contributed by atoms with Crippen LogP contribution in [0.1, 0.15) is 31.9 Å². The van der Waals surface area contributed by atoms with Gasteiger partial charge in [-0.3, -0.25) is 9.69 Å². The van der Waals surface area contributed by atoms with Crippen LogP contribution in [-0.2, 0) is 11.3 Å². The highest BCUT2D eigenvalue weighted by molar-refractivity contribution is 5.79. The molecule has 0 radical (unpaired) electrons. The summed E-state index contributed by atoms with van der Waals surface area (Å²) in [6, 6.07) is 8.17. The van der Waals surface area contributed by atoms with Gasteiger partial charge in [0.1, 0.15) is 11.3 Å². The number of aryl methyl sites for hydroxylation is 1. The minimum absolute atomic E-state index is 0.0404. The van der Waals surface area contributed by atoms with E-state index in [2.05, 4.69) is 17.5 Å². The zero-order valence-electron chi connectivity index (χ0n) is 14.9. The molecule has 1 N–H and O–H groups in total. The third-order valence-corrected chi connectivity index (χ3v) is 4.08. The first-order valence-corrected chi connectivity index (χ1v) is 7.76. The number of carbonyl (C=O) groups is 1. The first kappa shape index (κ1) is 19.0. The zero-order valence-corrected chi connectivity index (χ0v) is 14.9. The molecule has 23 heavy (non-hydrogen) atoms. The summed E-state index contributed by atoms with van der Waals surface area (Å²) in [5.41, 5.74) is 1.34. The average Bonchev–Trinajstić information content (AvgIpc) is 2.46. The van der Waals surface area contributed by atoms with Gasteiger partial charge in [0.15, 0.2) is 0 Å². The van der Waals surface area contributed by atoms with Crippen LogP contribution in [-0.4, -0.2) is 37.0 Å². The standard InChI is InChI=1S/C18H27N3O2/c1-13(2)18(4,12-19)20-17(22)11-21(5)10-15-9-14(3)7-8-16(15)23-6/h7-9,13H,10-11H2,1-6H3,(H,20,22)/t18-/m0/s1. The molecule has 0 aromatic heterocycles. The lowest BCUT2D eigenvalue weighted by Gasteiger charge is -2.28. The molecule has 0 aliphatic heterocycles. The van der Waals surface area contributed by atoms with Gasteiger partial charge in [-0.05, 0) is 32.9 Å². The molecule has 1 aromatic rings. The number of carbonyl (C=O) groups excluding carboxylic acids is 1. The van der Waals surface area contributed by atoms with Gasteiger partial charge in [-0.25, -0.2) is 0 Å². The molecule has 5 heteroatoms. The van der Waals surface area contributed by atoms with Crippen molar-refractivity contribution in [2.75, 3.05) is 20.7 Å². The van der Waals surface area contributed by atoms with Crippen LogP contribution >= 0.6 is 0 Å². The van der Waals surface area contributed by atoms with E-state index in [9.17, 15) is 10.1 Å². The number of hydrogen-bond donors (Lipinski definition) is 1. The molecule has 0 saturated heterocycles. The fourth-order valence-corrected chi connectivity index (χ4v) is 2.25. The van der Waals surface area contributed by atoms with Crippen molar-refractivity contribution in [1.82, 2.24) is 10.2 Å². The average molecular weight is 317 g/mol. The Kier molecular flexibility index (Phi) is 6.59. The molecule has 0 saturated carbocycles. The fraction of sp³-hybridized carbons (Fsp3) is 0.556. The van der Waals surface area contributed by atoms with E-state index in [1.54, 1.807) is 14.0 Å². The normalized spacial score (nSPS) is 13.5. The Balaban J connectivity index is 2.70. The molecule has 0 spiro atoms. The van der Waals surface area contributed by atoms with Gasteiger partial charge in [-0.1, -0.05) is 31.5 Å². The Labute approximate surface area is 139 Å². The largest absolute Gasteiger partial charge is 0.496 e. The molecule has 0 heterocycles. The van der Waals surface area contributed by atoms with Gasteiger partial charge in [0, 0.05) is 12.1 Å². The molecule has 0 aliphatic rings. The van der Waals surface area contributed by atoms with Crippen molar-refractivity contribution in [3.05, 3.63) is 29.3 Å². The van der Waals surface area contributed by atoms with Crippen molar-refractivity contribution in [3.63, 3.8) is 0 Å². The second kappa shape index (κ2) is 7.98. The highest BCUT2D eigenvalue weighted by atomic mass is 16.5. The number of hydrogen-bond acceptors (Lipinski definition) is 4. The predicted molar refractivity (Wildman–Crippen MR) is 91.1 cm³/mol. The number of nitrogens with zero attached hydrogens (tertiary/aromatic N) is 2. The van der Waals surface area contributed by atoms with Crippen molar-refractivity contribution in [2.45, 2.75) is 39.8 Å². The SMILES string of the molecule is COc1ccc(C)cc1CN(C)CC(=O)N[C@@](C)(C#N)C(C)C. The molecule has 126 valence electrons. The number of methoxy groups -OCH3 is 1. The zero-order chi connectivity index (χ0) is 17.6. The van der Waals surface area contributed by atoms with E-state index in [4.69, 9.17) is 4.74 Å². The molecule has 0 fully saturated rings. The number of amides is 1. The number of likely N-dealkylation sites (N-methyl/N-ethyl adjacent to an activating group) is 1. The van der Waals surface area contributed by atoms with Crippen molar-refractivity contribution in [2.24, 2.45) is 5.92 Å². The molecular formula is C18H27N3O2. The summed E-state index contributed by atoms with van der Waals surface area (Å²) < 4.78 is 5.37. The highest BCUT2D eigenvalue weighted by Gasteiger charge is 2.30. The lowest BCUT2D eigenvalue weighted by Crippen LogP contribution is -2.51. The quantitative estimate of drug-likeness (QED) is 0.839. The number of nitrogens with one attached hydrogen (secondary N) is 1. The number of ether oxygens (including phenoxy) is 1. The monoisotopic (exact) mass is 317 g/mol. The second-order valence-electron chi connectivity index (χ2n) is 6.50. The Morgan fingerprint density at radius 3 is 2.65 bits per heavy atom. The minimum Gasteiger partial charge on any atom is -0.496 e. The minimum atomic E-state index is -0.848. The predicted octanol–water partition coefficient (Wildman–Crippen LogP) is 2.49. The third-order valence-electron chi connectivity index (χ3n) is 4.08. The van der Waals surface area contributed by atoms with Gasteiger partial charge in [-0.2, -0.15) is 5.26 Å². The van der Waals surface area contributed by atoms with Crippen LogP contribution in [0.3, 0.4) is 0 Å². The van der Waals surface area contributed by atoms with E-state index < -0.39 is 5.54 Å². The van der Waals surface area contributed by atoms with Gasteiger partial charge >= 0.3 is 0 Å². The summed E-state index contributed by atoms with van der Waals surface area (Å²) in [7, 11) is 3.52. The summed E-state index contributed by atoms with van der Waals surface area (Å²) in [5.74, 6) is 0.697. The van der Waals surface area contributed by atoms with Crippen molar-refractivity contribution in [3.8, 4) is 11.8 Å². The first-order chi connectivity index (χ1) is 10.7. The molecule has 0 bridgehead atoms. The van der Waals surface area contributed by atoms with Crippen molar-refractivity contribution < 1.29 is 9.53 Å². The molecule has 5 nitrogen and oxygen atoms in total. The van der Waals surface area contributed by atoms with E-state index >= 15 is 0 Å². The van der Waals surface area contributed by atoms with Gasteiger partial charge in [0.2, 0.25) is 5.91 Å². The van der Waals surface area contributed by atoms with E-state index in [1.165, 1.54) is 0 Å². The molecule has 1 rings (SSSR count). The summed E-state index contributed by atoms with van der Waals surface area (Å²) in [6.07, 6.45) is 0. The van der Waals surface area contributed by atoms with E-state index in [0.717, 1.165) is 16.9 Å². The van der Waals surface area contributed by atoms with Gasteiger partial charge in [0.25, 0.3) is 0 Å². The smallest absolute Gasteiger partial charge is 0.235 e. The van der Waals surface area contributed by atoms with Crippen LogP contribution in [0, 0.1) is 24.2 Å². The Morgan fingerprint density at radius 2 is 2.13 bits per heavy atom. The van der Waals surface area contributed by atoms with Crippen LogP contribution in [0.15, 0.2) is 18.2 Å². The summed E-state index contributed by atoms with van der Waals surface area (Å²) >= 11 is 0. The van der Waals surface area contributed by atoms with E-state index in [0.29, 0.717) is 6.54 Å². The molecule has 0 unspecified atom stereocenters. The van der Waals surface area contributed by atoms with Crippen LogP contribution in [0.25, 0.3) is 0 Å². The van der Waals surface area contributed by atoms with Crippen molar-refractivity contribution >= 4 is 5.91 Å².